The van der Waals surface area contributed by atoms with Gasteiger partial charge in [0.25, 0.3) is 0 Å². The molecular weight excluding hydrogens is 414 g/mol. The van der Waals surface area contributed by atoms with E-state index in [2.05, 4.69) is 31.5 Å². The third-order valence-electron chi connectivity index (χ3n) is 3.76. The molecule has 0 aliphatic carbocycles. The number of esters is 1. The van der Waals surface area contributed by atoms with E-state index in [1.165, 1.54) is 6.92 Å². The highest BCUT2D eigenvalue weighted by Crippen LogP contribution is 2.33. The number of benzene rings is 1. The molecule has 27 heavy (non-hydrogen) atoms. The van der Waals surface area contributed by atoms with Crippen molar-refractivity contribution in [3.8, 4) is 5.75 Å². The lowest BCUT2D eigenvalue weighted by molar-refractivity contribution is -0.145. The number of nitrogens with zero attached hydrogens (tertiary/aromatic N) is 1. The molecule has 0 bridgehead atoms. The summed E-state index contributed by atoms with van der Waals surface area (Å²) in [7, 11) is 0. The van der Waals surface area contributed by atoms with Gasteiger partial charge in [0.1, 0.15) is 18.2 Å². The molecule has 3 rings (SSSR count). The lowest BCUT2D eigenvalue weighted by Gasteiger charge is -2.31. The molecule has 0 fully saturated rings. The van der Waals surface area contributed by atoms with E-state index < -0.39 is 11.6 Å². The summed E-state index contributed by atoms with van der Waals surface area (Å²) in [6.45, 7) is 3.32. The van der Waals surface area contributed by atoms with Crippen LogP contribution in [-0.2, 0) is 9.53 Å². The van der Waals surface area contributed by atoms with Gasteiger partial charge in [0.15, 0.2) is 5.60 Å². The maximum Gasteiger partial charge on any atom is 0.324 e. The second-order valence-corrected chi connectivity index (χ2v) is 7.14. The first kappa shape index (κ1) is 18.9. The second-order valence-electron chi connectivity index (χ2n) is 6.22. The third-order valence-corrected chi connectivity index (χ3v) is 4.23. The predicted molar refractivity (Wildman–Crippen MR) is 106 cm³/mol. The molecule has 1 aromatic heterocycles. The minimum atomic E-state index is -0.724. The van der Waals surface area contributed by atoms with E-state index in [1.807, 2.05) is 19.1 Å². The van der Waals surface area contributed by atoms with E-state index in [0.29, 0.717) is 17.3 Å². The van der Waals surface area contributed by atoms with Gasteiger partial charge in [0.05, 0.1) is 0 Å². The van der Waals surface area contributed by atoms with E-state index in [1.54, 1.807) is 36.5 Å². The van der Waals surface area contributed by atoms with Gasteiger partial charge in [-0.25, -0.2) is 9.78 Å². The van der Waals surface area contributed by atoms with Gasteiger partial charge in [-0.3, -0.25) is 10.1 Å². The summed E-state index contributed by atoms with van der Waals surface area (Å²) < 4.78 is 11.8. The van der Waals surface area contributed by atoms with Crippen LogP contribution in [0.15, 0.2) is 47.1 Å². The number of ether oxygens (including phenoxy) is 2. The van der Waals surface area contributed by atoms with Crippen LogP contribution in [0.3, 0.4) is 0 Å². The summed E-state index contributed by atoms with van der Waals surface area (Å²) in [6, 6.07) is 8.38. The van der Waals surface area contributed by atoms with E-state index in [-0.39, 0.29) is 12.6 Å². The van der Waals surface area contributed by atoms with Crippen molar-refractivity contribution in [2.75, 3.05) is 17.2 Å². The Morgan fingerprint density at radius 3 is 2.78 bits per heavy atom. The second kappa shape index (κ2) is 7.79. The molecular formula is C19H18BrN3O4. The number of anilines is 2. The molecule has 1 aromatic carbocycles. The summed E-state index contributed by atoms with van der Waals surface area (Å²) in [6.07, 6.45) is 5.30. The Morgan fingerprint density at radius 2 is 2.07 bits per heavy atom. The maximum absolute atomic E-state index is 12.1. The standard InChI is InChI=1S/C19H18BrN3O4/c1-12(24)26-11-19(2)8-7-13-9-15(4-5-16(13)27-19)22-18(25)23-17-6-3-14(20)10-21-17/h3-10H,11H2,1-2H3,(H2,21,22,23,25). The minimum absolute atomic E-state index is 0.126. The van der Waals surface area contributed by atoms with E-state index >= 15 is 0 Å². The Balaban J connectivity index is 1.65. The number of carbonyl (C=O) groups excluding carboxylic acids is 2. The Bertz CT molecular complexity index is 898. The summed E-state index contributed by atoms with van der Waals surface area (Å²) in [5.74, 6) is 0.732. The zero-order valence-electron chi connectivity index (χ0n) is 14.8. The Labute approximate surface area is 164 Å². The number of hydrogen-bond acceptors (Lipinski definition) is 5. The molecule has 7 nitrogen and oxygen atoms in total. The molecule has 0 saturated carbocycles. The topological polar surface area (TPSA) is 89.5 Å². The number of nitrogens with one attached hydrogen (secondary N) is 2. The Morgan fingerprint density at radius 1 is 1.26 bits per heavy atom. The van der Waals surface area contributed by atoms with Crippen molar-refractivity contribution in [2.45, 2.75) is 19.4 Å². The van der Waals surface area contributed by atoms with Crippen LogP contribution in [0.5, 0.6) is 5.75 Å². The largest absolute Gasteiger partial charge is 0.479 e. The fourth-order valence-electron chi connectivity index (χ4n) is 2.45. The van der Waals surface area contributed by atoms with Crippen LogP contribution in [0, 0.1) is 0 Å². The summed E-state index contributed by atoms with van der Waals surface area (Å²) in [4.78, 5) is 27.2. The van der Waals surface area contributed by atoms with Gasteiger partial charge in [-0.1, -0.05) is 6.08 Å². The quantitative estimate of drug-likeness (QED) is 0.707. The van der Waals surface area contributed by atoms with Gasteiger partial charge >= 0.3 is 12.0 Å². The van der Waals surface area contributed by atoms with Crippen LogP contribution in [0.4, 0.5) is 16.3 Å². The molecule has 2 heterocycles. The smallest absolute Gasteiger partial charge is 0.324 e. The van der Waals surface area contributed by atoms with Gasteiger partial charge in [-0.15, -0.1) is 0 Å². The first-order valence-corrected chi connectivity index (χ1v) is 8.97. The van der Waals surface area contributed by atoms with Gasteiger partial charge in [-0.2, -0.15) is 0 Å². The molecule has 1 atom stereocenters. The zero-order valence-corrected chi connectivity index (χ0v) is 16.4. The molecule has 0 saturated heterocycles. The average molecular weight is 432 g/mol. The lowest BCUT2D eigenvalue weighted by atomic mass is 10.0. The predicted octanol–water partition coefficient (Wildman–Crippen LogP) is 4.22. The van der Waals surface area contributed by atoms with Crippen molar-refractivity contribution in [1.29, 1.82) is 0 Å². The normalized spacial score (nSPS) is 17.4. The number of rotatable bonds is 4. The fraction of sp³-hybridized carbons (Fsp3) is 0.211. The number of halogens is 1. The molecule has 8 heteroatoms. The highest BCUT2D eigenvalue weighted by atomic mass is 79.9. The average Bonchev–Trinajstić information content (AvgIpc) is 2.62. The molecule has 1 aliphatic rings. The van der Waals surface area contributed by atoms with Crippen LogP contribution in [-0.4, -0.2) is 29.2 Å². The molecule has 0 radical (unpaired) electrons. The van der Waals surface area contributed by atoms with Gasteiger partial charge < -0.3 is 14.8 Å². The highest BCUT2D eigenvalue weighted by molar-refractivity contribution is 9.10. The number of amides is 2. The Kier molecular flexibility index (Phi) is 5.46. The van der Waals surface area contributed by atoms with Gasteiger partial charge in [0, 0.05) is 28.8 Å². The van der Waals surface area contributed by atoms with Crippen molar-refractivity contribution in [1.82, 2.24) is 4.98 Å². The molecule has 2 aromatic rings. The van der Waals surface area contributed by atoms with Crippen molar-refractivity contribution in [3.05, 3.63) is 52.6 Å². The molecule has 0 spiro atoms. The number of urea groups is 1. The number of hydrogen-bond donors (Lipinski definition) is 2. The third kappa shape index (κ3) is 5.07. The monoisotopic (exact) mass is 431 g/mol. The number of aromatic nitrogens is 1. The van der Waals surface area contributed by atoms with Crippen LogP contribution in [0.2, 0.25) is 0 Å². The van der Waals surface area contributed by atoms with Crippen LogP contribution in [0.1, 0.15) is 19.4 Å². The van der Waals surface area contributed by atoms with E-state index in [0.717, 1.165) is 10.0 Å². The summed E-state index contributed by atoms with van der Waals surface area (Å²) in [5, 5.41) is 5.41. The molecule has 140 valence electrons. The van der Waals surface area contributed by atoms with Crippen LogP contribution in [0.25, 0.3) is 6.08 Å². The zero-order chi connectivity index (χ0) is 19.4. The van der Waals surface area contributed by atoms with E-state index in [4.69, 9.17) is 9.47 Å². The summed E-state index contributed by atoms with van der Waals surface area (Å²) in [5.41, 5.74) is 0.702. The van der Waals surface area contributed by atoms with Gasteiger partial charge in [-0.05, 0) is 59.3 Å². The minimum Gasteiger partial charge on any atom is -0.479 e. The molecule has 2 amide bonds. The summed E-state index contributed by atoms with van der Waals surface area (Å²) >= 11 is 3.29. The SMILES string of the molecule is CC(=O)OCC1(C)C=Cc2cc(NC(=O)Nc3ccc(Br)cn3)ccc2O1. The van der Waals surface area contributed by atoms with Crippen LogP contribution < -0.4 is 15.4 Å². The highest BCUT2D eigenvalue weighted by Gasteiger charge is 2.29. The molecule has 1 aliphatic heterocycles. The number of fused-ring (bicyclic) bond motifs is 1. The van der Waals surface area contributed by atoms with Crippen molar-refractivity contribution in [3.63, 3.8) is 0 Å². The molecule has 2 N–H and O–H groups in total. The van der Waals surface area contributed by atoms with E-state index in [9.17, 15) is 9.59 Å². The molecule has 1 unspecified atom stereocenters. The van der Waals surface area contributed by atoms with Crippen molar-refractivity contribution >= 4 is 45.5 Å². The maximum atomic E-state index is 12.1. The Hall–Kier alpha value is -2.87. The first-order chi connectivity index (χ1) is 12.8. The van der Waals surface area contributed by atoms with Crippen molar-refractivity contribution in [2.24, 2.45) is 0 Å². The fourth-order valence-corrected chi connectivity index (χ4v) is 2.69. The lowest BCUT2D eigenvalue weighted by Crippen LogP contribution is -2.37. The van der Waals surface area contributed by atoms with Gasteiger partial charge in [0.2, 0.25) is 0 Å². The first-order valence-electron chi connectivity index (χ1n) is 8.18. The van der Waals surface area contributed by atoms with Crippen LogP contribution >= 0.6 is 15.9 Å². The van der Waals surface area contributed by atoms with Crippen molar-refractivity contribution < 1.29 is 19.1 Å². The number of carbonyl (C=O) groups is 2. The number of pyridine rings is 1.